The van der Waals surface area contributed by atoms with Crippen LogP contribution in [-0.2, 0) is 0 Å². The van der Waals surface area contributed by atoms with Gasteiger partial charge in [-0.2, -0.15) is 0 Å². The van der Waals surface area contributed by atoms with Gasteiger partial charge in [0.1, 0.15) is 11.9 Å². The van der Waals surface area contributed by atoms with E-state index in [1.807, 2.05) is 37.3 Å². The number of aryl methyl sites for hydroxylation is 1. The maximum atomic E-state index is 5.47. The molecule has 0 bridgehead atoms. The van der Waals surface area contributed by atoms with Gasteiger partial charge in [0.2, 0.25) is 5.88 Å². The summed E-state index contributed by atoms with van der Waals surface area (Å²) < 4.78 is 5.47. The fourth-order valence-electron chi connectivity index (χ4n) is 1.06. The lowest BCUT2D eigenvalue weighted by molar-refractivity contribution is 0.454. The third-order valence-electron chi connectivity index (χ3n) is 1.68. The van der Waals surface area contributed by atoms with E-state index in [-0.39, 0.29) is 0 Å². The molecule has 0 fully saturated rings. The number of rotatable bonds is 2. The first-order valence-corrected chi connectivity index (χ1v) is 4.29. The molecule has 0 saturated heterocycles. The van der Waals surface area contributed by atoms with Crippen LogP contribution in [0.1, 0.15) is 5.56 Å². The average molecular weight is 185 g/mol. The van der Waals surface area contributed by atoms with Gasteiger partial charge in [0.05, 0.1) is 0 Å². The third kappa shape index (κ3) is 2.07. The zero-order valence-corrected chi connectivity index (χ0v) is 7.77. The van der Waals surface area contributed by atoms with Crippen molar-refractivity contribution in [2.24, 2.45) is 0 Å². The van der Waals surface area contributed by atoms with Gasteiger partial charge in [-0.3, -0.25) is 0 Å². The second kappa shape index (κ2) is 3.87. The van der Waals surface area contributed by atoms with E-state index in [1.165, 1.54) is 0 Å². The van der Waals surface area contributed by atoms with Crippen molar-refractivity contribution in [3.63, 3.8) is 0 Å². The van der Waals surface area contributed by atoms with Crippen LogP contribution in [0.3, 0.4) is 0 Å². The average Bonchev–Trinajstić information content (AvgIpc) is 2.19. The Bertz CT molecular complexity index is 415. The van der Waals surface area contributed by atoms with Gasteiger partial charge in [-0.25, -0.2) is 0 Å². The molecule has 0 saturated carbocycles. The van der Waals surface area contributed by atoms with E-state index in [4.69, 9.17) is 4.74 Å². The van der Waals surface area contributed by atoms with Crippen molar-refractivity contribution >= 4 is 0 Å². The van der Waals surface area contributed by atoms with Crippen LogP contribution in [-0.4, -0.2) is 10.2 Å². The summed E-state index contributed by atoms with van der Waals surface area (Å²) in [6.07, 6.45) is 2.72. The van der Waals surface area contributed by atoms with Gasteiger partial charge < -0.3 is 4.74 Å². The molecule has 1 aromatic heterocycles. The summed E-state index contributed by atoms with van der Waals surface area (Å²) in [6.45, 7) is 1.90. The van der Waals surface area contributed by atoms with Crippen LogP contribution in [0.5, 0.6) is 11.6 Å². The molecule has 2 rings (SSSR count). The molecule has 0 aliphatic carbocycles. The summed E-state index contributed by atoms with van der Waals surface area (Å²) in [5.41, 5.74) is 0.908. The van der Waals surface area contributed by atoms with E-state index in [0.717, 1.165) is 11.3 Å². The maximum Gasteiger partial charge on any atom is 0.239 e. The Hall–Kier alpha value is -1.90. The van der Waals surface area contributed by atoms with Gasteiger partial charge in [0.25, 0.3) is 0 Å². The Morgan fingerprint density at radius 1 is 1.21 bits per heavy atom. The summed E-state index contributed by atoms with van der Waals surface area (Å²) in [7, 11) is 0. The topological polar surface area (TPSA) is 35.0 Å². The van der Waals surface area contributed by atoms with Crippen LogP contribution >= 0.6 is 0 Å². The Morgan fingerprint density at radius 2 is 2.00 bits per heavy atom. The smallest absolute Gasteiger partial charge is 0.239 e. The molecule has 1 radical (unpaired) electrons. The van der Waals surface area contributed by atoms with Crippen LogP contribution in [0.25, 0.3) is 0 Å². The van der Waals surface area contributed by atoms with Crippen molar-refractivity contribution in [1.82, 2.24) is 10.2 Å². The molecule has 0 N–H and O–H groups in total. The van der Waals surface area contributed by atoms with E-state index in [9.17, 15) is 0 Å². The highest BCUT2D eigenvalue weighted by Gasteiger charge is 1.98. The summed E-state index contributed by atoms with van der Waals surface area (Å²) in [5, 5.41) is 7.49. The van der Waals surface area contributed by atoms with Crippen molar-refractivity contribution in [2.75, 3.05) is 0 Å². The first kappa shape index (κ1) is 8.69. The molecule has 1 aromatic carbocycles. The first-order chi connectivity index (χ1) is 6.84. The number of ether oxygens (including phenoxy) is 1. The zero-order valence-electron chi connectivity index (χ0n) is 7.77. The molecule has 2 aromatic rings. The predicted octanol–water partition coefficient (Wildman–Crippen LogP) is 2.38. The minimum absolute atomic E-state index is 0.493. The van der Waals surface area contributed by atoms with E-state index >= 15 is 0 Å². The maximum absolute atomic E-state index is 5.47. The fraction of sp³-hybridized carbons (Fsp3) is 0.0909. The van der Waals surface area contributed by atoms with Crippen molar-refractivity contribution in [3.05, 3.63) is 48.2 Å². The normalized spacial score (nSPS) is 9.79. The lowest BCUT2D eigenvalue weighted by atomic mass is 10.3. The summed E-state index contributed by atoms with van der Waals surface area (Å²) in [4.78, 5) is 0. The van der Waals surface area contributed by atoms with E-state index in [0.29, 0.717) is 5.88 Å². The Morgan fingerprint density at radius 3 is 2.71 bits per heavy atom. The van der Waals surface area contributed by atoms with E-state index in [1.54, 1.807) is 6.07 Å². The number of para-hydroxylation sites is 1. The molecule has 0 unspecified atom stereocenters. The molecule has 3 nitrogen and oxygen atoms in total. The summed E-state index contributed by atoms with van der Waals surface area (Å²) in [6, 6.07) is 11.3. The fourth-order valence-corrected chi connectivity index (χ4v) is 1.06. The molecule has 0 atom stereocenters. The van der Waals surface area contributed by atoms with E-state index < -0.39 is 0 Å². The van der Waals surface area contributed by atoms with Gasteiger partial charge in [-0.05, 0) is 24.6 Å². The highest BCUT2D eigenvalue weighted by Crippen LogP contribution is 2.17. The number of benzene rings is 1. The zero-order chi connectivity index (χ0) is 9.80. The van der Waals surface area contributed by atoms with E-state index in [2.05, 4.69) is 16.4 Å². The third-order valence-corrected chi connectivity index (χ3v) is 1.68. The number of aromatic nitrogens is 2. The van der Waals surface area contributed by atoms with Crippen LogP contribution < -0.4 is 4.74 Å². The van der Waals surface area contributed by atoms with Gasteiger partial charge in [0, 0.05) is 6.07 Å². The summed E-state index contributed by atoms with van der Waals surface area (Å²) >= 11 is 0. The molecule has 3 heteroatoms. The molecule has 0 aliphatic heterocycles. The minimum atomic E-state index is 0.493. The summed E-state index contributed by atoms with van der Waals surface area (Å²) in [5.74, 6) is 1.25. The van der Waals surface area contributed by atoms with Gasteiger partial charge in [-0.1, -0.05) is 18.2 Å². The number of nitrogens with zero attached hydrogens (tertiary/aromatic N) is 2. The SMILES string of the molecule is Cc1[c]nnc(Oc2ccccc2)c1. The highest BCUT2D eigenvalue weighted by molar-refractivity contribution is 5.26. The molecule has 1 heterocycles. The van der Waals surface area contributed by atoms with Crippen molar-refractivity contribution in [1.29, 1.82) is 0 Å². The van der Waals surface area contributed by atoms with Crippen molar-refractivity contribution < 1.29 is 4.74 Å². The second-order valence-electron chi connectivity index (χ2n) is 2.89. The van der Waals surface area contributed by atoms with Crippen molar-refractivity contribution in [2.45, 2.75) is 6.92 Å². The quantitative estimate of drug-likeness (QED) is 0.720. The monoisotopic (exact) mass is 185 g/mol. The second-order valence-corrected chi connectivity index (χ2v) is 2.89. The van der Waals surface area contributed by atoms with Gasteiger partial charge >= 0.3 is 0 Å². The van der Waals surface area contributed by atoms with Crippen molar-refractivity contribution in [3.8, 4) is 11.6 Å². The largest absolute Gasteiger partial charge is 0.438 e. The first-order valence-electron chi connectivity index (χ1n) is 4.29. The highest BCUT2D eigenvalue weighted by atomic mass is 16.5. The molecule has 0 amide bonds. The van der Waals surface area contributed by atoms with Crippen LogP contribution in [0.2, 0.25) is 0 Å². The lowest BCUT2D eigenvalue weighted by Crippen LogP contribution is -1.90. The minimum Gasteiger partial charge on any atom is -0.438 e. The standard InChI is InChI=1S/C11H9N2O/c1-9-7-11(13-12-8-9)14-10-5-3-2-4-6-10/h2-7H,1H3. The number of hydrogen-bond acceptors (Lipinski definition) is 3. The molecule has 14 heavy (non-hydrogen) atoms. The predicted molar refractivity (Wildman–Crippen MR) is 52.1 cm³/mol. The molecular weight excluding hydrogens is 176 g/mol. The van der Waals surface area contributed by atoms with Crippen LogP contribution in [0, 0.1) is 13.1 Å². The Balaban J connectivity index is 2.19. The Labute approximate surface area is 82.4 Å². The molecular formula is C11H9N2O. The van der Waals surface area contributed by atoms with Gasteiger partial charge in [-0.15, -0.1) is 10.2 Å². The molecule has 69 valence electrons. The van der Waals surface area contributed by atoms with Crippen LogP contribution in [0.4, 0.5) is 0 Å². The number of hydrogen-bond donors (Lipinski definition) is 0. The molecule has 0 aliphatic rings. The van der Waals surface area contributed by atoms with Crippen LogP contribution in [0.15, 0.2) is 36.4 Å². The Kier molecular flexibility index (Phi) is 2.40. The van der Waals surface area contributed by atoms with Gasteiger partial charge in [0.15, 0.2) is 0 Å². The lowest BCUT2D eigenvalue weighted by Gasteiger charge is -2.02. The molecule has 0 spiro atoms.